The molecule has 0 amide bonds. The smallest absolute Gasteiger partial charge is 0.141 e. The maximum atomic E-state index is 14.4. The lowest BCUT2D eigenvalue weighted by molar-refractivity contribution is 0.235. The highest BCUT2D eigenvalue weighted by Crippen LogP contribution is 2.42. The Kier molecular flexibility index (Phi) is 5.11. The quantitative estimate of drug-likeness (QED) is 0.646. The van der Waals surface area contributed by atoms with Gasteiger partial charge in [-0.1, -0.05) is 24.3 Å². The van der Waals surface area contributed by atoms with Crippen molar-refractivity contribution >= 4 is 11.5 Å². The maximum absolute atomic E-state index is 14.4. The van der Waals surface area contributed by atoms with Crippen molar-refractivity contribution in [2.75, 3.05) is 7.05 Å². The van der Waals surface area contributed by atoms with Gasteiger partial charge in [0, 0.05) is 36.4 Å². The summed E-state index contributed by atoms with van der Waals surface area (Å²) in [5.74, 6) is -0.481. The van der Waals surface area contributed by atoms with E-state index in [0.29, 0.717) is 18.1 Å². The molecule has 4 nitrogen and oxygen atoms in total. The van der Waals surface area contributed by atoms with Gasteiger partial charge in [0.25, 0.3) is 0 Å². The molecule has 3 heterocycles. The van der Waals surface area contributed by atoms with Crippen LogP contribution in [0, 0.1) is 17.1 Å². The van der Waals surface area contributed by atoms with E-state index < -0.39 is 5.82 Å². The van der Waals surface area contributed by atoms with Crippen LogP contribution in [0.25, 0.3) is 21.6 Å². The van der Waals surface area contributed by atoms with E-state index in [0.717, 1.165) is 28.1 Å². The third-order valence-corrected chi connectivity index (χ3v) is 7.40. The molecule has 1 aromatic heterocycles. The van der Waals surface area contributed by atoms with Gasteiger partial charge in [-0.2, -0.15) is 5.26 Å². The molecule has 3 aromatic rings. The van der Waals surface area contributed by atoms with Crippen LogP contribution in [0.1, 0.15) is 30.4 Å². The lowest BCUT2D eigenvalue weighted by Gasteiger charge is -2.25. The molecule has 0 saturated carbocycles. The van der Waals surface area contributed by atoms with Crippen LogP contribution < -0.4 is 5.32 Å². The molecule has 2 aliphatic heterocycles. The number of fused-ring (bicyclic) bond motifs is 2. The SMILES string of the molecule is CN[C@@H]1C[C@@H]2CC[C@H]1N2Cc1cccc(-c2ccc(C#N)c(F)c2)c1-c1ccns1. The van der Waals surface area contributed by atoms with E-state index in [4.69, 9.17) is 5.26 Å². The number of nitrogens with one attached hydrogen (secondary N) is 1. The summed E-state index contributed by atoms with van der Waals surface area (Å²) in [6.07, 6.45) is 5.53. The fraction of sp³-hybridized carbons (Fsp3) is 0.333. The third-order valence-electron chi connectivity index (χ3n) is 6.64. The van der Waals surface area contributed by atoms with Crippen LogP contribution in [0.5, 0.6) is 0 Å². The van der Waals surface area contributed by atoms with Crippen molar-refractivity contribution in [3.05, 3.63) is 65.6 Å². The Hall–Kier alpha value is -2.59. The van der Waals surface area contributed by atoms with E-state index in [1.54, 1.807) is 6.07 Å². The second-order valence-corrected chi connectivity index (χ2v) is 8.96. The van der Waals surface area contributed by atoms with Crippen LogP contribution in [0.4, 0.5) is 4.39 Å². The highest BCUT2D eigenvalue weighted by Gasteiger charge is 2.45. The van der Waals surface area contributed by atoms with Gasteiger partial charge < -0.3 is 5.32 Å². The molecule has 152 valence electrons. The summed E-state index contributed by atoms with van der Waals surface area (Å²) in [6.45, 7) is 0.882. The lowest BCUT2D eigenvalue weighted by Crippen LogP contribution is -2.38. The molecule has 2 aliphatic rings. The van der Waals surface area contributed by atoms with E-state index in [1.807, 2.05) is 30.5 Å². The van der Waals surface area contributed by atoms with Crippen LogP contribution in [-0.4, -0.2) is 34.4 Å². The minimum atomic E-state index is -0.481. The molecule has 6 heteroatoms. The predicted molar refractivity (Wildman–Crippen MR) is 117 cm³/mol. The first-order chi connectivity index (χ1) is 14.7. The summed E-state index contributed by atoms with van der Waals surface area (Å²) in [4.78, 5) is 3.73. The number of benzene rings is 2. The minimum Gasteiger partial charge on any atom is -0.315 e. The van der Waals surface area contributed by atoms with Crippen LogP contribution in [-0.2, 0) is 6.54 Å². The summed E-state index contributed by atoms with van der Waals surface area (Å²) in [5.41, 5.74) is 4.21. The minimum absolute atomic E-state index is 0.0704. The van der Waals surface area contributed by atoms with Gasteiger partial charge in [-0.15, -0.1) is 0 Å². The Balaban J connectivity index is 1.58. The zero-order chi connectivity index (χ0) is 20.7. The number of rotatable bonds is 5. The molecule has 1 N–H and O–H groups in total. The molecule has 2 fully saturated rings. The van der Waals surface area contributed by atoms with E-state index in [2.05, 4.69) is 33.8 Å². The summed E-state index contributed by atoms with van der Waals surface area (Å²) >= 11 is 1.46. The highest BCUT2D eigenvalue weighted by atomic mass is 32.1. The molecule has 0 spiro atoms. The Morgan fingerprint density at radius 1 is 1.27 bits per heavy atom. The van der Waals surface area contributed by atoms with Gasteiger partial charge in [-0.25, -0.2) is 8.76 Å². The van der Waals surface area contributed by atoms with E-state index in [9.17, 15) is 4.39 Å². The van der Waals surface area contributed by atoms with Crippen molar-refractivity contribution in [2.45, 2.75) is 43.9 Å². The number of hydrogen-bond donors (Lipinski definition) is 1. The standard InChI is InChI=1S/C24H23FN4S/c1-27-21-12-18-7-8-22(21)29(18)14-17-3-2-4-19(24(17)23-9-10-28-30-23)15-5-6-16(13-26)20(25)11-15/h2-6,9-11,18,21-22,27H,7-8,12,14H2,1H3/t18-,21+,22+/m0/s1. The van der Waals surface area contributed by atoms with E-state index in [-0.39, 0.29) is 5.56 Å². The Morgan fingerprint density at radius 2 is 2.17 bits per heavy atom. The van der Waals surface area contributed by atoms with Crippen LogP contribution >= 0.6 is 11.5 Å². The highest BCUT2D eigenvalue weighted by molar-refractivity contribution is 7.09. The molecule has 0 radical (unpaired) electrons. The molecule has 3 atom stereocenters. The van der Waals surface area contributed by atoms with Gasteiger partial charge >= 0.3 is 0 Å². The van der Waals surface area contributed by atoms with Crippen molar-refractivity contribution in [3.63, 3.8) is 0 Å². The molecule has 2 aromatic carbocycles. The molecule has 0 unspecified atom stereocenters. The molecule has 2 saturated heterocycles. The van der Waals surface area contributed by atoms with Gasteiger partial charge in [0.15, 0.2) is 0 Å². The number of aromatic nitrogens is 1. The van der Waals surface area contributed by atoms with Gasteiger partial charge in [0.05, 0.1) is 10.4 Å². The summed E-state index contributed by atoms with van der Waals surface area (Å²) in [7, 11) is 2.06. The fourth-order valence-electron chi connectivity index (χ4n) is 5.24. The third kappa shape index (κ3) is 3.24. The van der Waals surface area contributed by atoms with Crippen LogP contribution in [0.3, 0.4) is 0 Å². The Morgan fingerprint density at radius 3 is 2.87 bits per heavy atom. The van der Waals surface area contributed by atoms with E-state index in [1.165, 1.54) is 42.4 Å². The predicted octanol–water partition coefficient (Wildman–Crippen LogP) is 4.81. The molecule has 0 aliphatic carbocycles. The number of nitriles is 1. The van der Waals surface area contributed by atoms with Crippen molar-refractivity contribution in [1.82, 2.24) is 14.6 Å². The summed E-state index contributed by atoms with van der Waals surface area (Å²) < 4.78 is 18.7. The number of nitrogens with zero attached hydrogens (tertiary/aromatic N) is 3. The molecular formula is C24H23FN4S. The van der Waals surface area contributed by atoms with Gasteiger partial charge in [-0.3, -0.25) is 4.90 Å². The first kappa shape index (κ1) is 19.4. The topological polar surface area (TPSA) is 52.0 Å². The number of halogens is 1. The van der Waals surface area contributed by atoms with Gasteiger partial charge in [0.2, 0.25) is 0 Å². The zero-order valence-corrected chi connectivity index (χ0v) is 17.6. The first-order valence-electron chi connectivity index (χ1n) is 10.4. The second kappa shape index (κ2) is 7.92. The maximum Gasteiger partial charge on any atom is 0.141 e. The largest absolute Gasteiger partial charge is 0.315 e. The Bertz CT molecular complexity index is 1100. The monoisotopic (exact) mass is 418 g/mol. The summed E-state index contributed by atoms with van der Waals surface area (Å²) in [5, 5.41) is 12.6. The second-order valence-electron chi connectivity index (χ2n) is 8.12. The van der Waals surface area contributed by atoms with Crippen molar-refractivity contribution in [1.29, 1.82) is 5.26 Å². The molecule has 30 heavy (non-hydrogen) atoms. The first-order valence-corrected chi connectivity index (χ1v) is 11.1. The molecule has 2 bridgehead atoms. The number of hydrogen-bond acceptors (Lipinski definition) is 5. The van der Waals surface area contributed by atoms with Crippen LogP contribution in [0.2, 0.25) is 0 Å². The Labute approximate surface area is 180 Å². The van der Waals surface area contributed by atoms with Crippen molar-refractivity contribution < 1.29 is 4.39 Å². The lowest BCUT2D eigenvalue weighted by atomic mass is 9.93. The average molecular weight is 419 g/mol. The van der Waals surface area contributed by atoms with Crippen molar-refractivity contribution in [3.8, 4) is 27.6 Å². The zero-order valence-electron chi connectivity index (χ0n) is 16.8. The number of likely N-dealkylation sites (N-methyl/N-ethyl adjacent to an activating group) is 1. The molecule has 5 rings (SSSR count). The van der Waals surface area contributed by atoms with Gasteiger partial charge in [-0.05, 0) is 72.7 Å². The normalized spacial score (nSPS) is 23.0. The van der Waals surface area contributed by atoms with E-state index >= 15 is 0 Å². The summed E-state index contributed by atoms with van der Waals surface area (Å²) in [6, 6.07) is 16.8. The van der Waals surface area contributed by atoms with Crippen LogP contribution in [0.15, 0.2) is 48.7 Å². The van der Waals surface area contributed by atoms with Gasteiger partial charge in [0.1, 0.15) is 11.9 Å². The average Bonchev–Trinajstić information content (AvgIpc) is 3.50. The fourth-order valence-corrected chi connectivity index (χ4v) is 5.93. The van der Waals surface area contributed by atoms with Crippen molar-refractivity contribution in [2.24, 2.45) is 0 Å². The molecular weight excluding hydrogens is 395 g/mol.